The highest BCUT2D eigenvalue weighted by Crippen LogP contribution is 2.14. The van der Waals surface area contributed by atoms with Crippen LogP contribution in [0.2, 0.25) is 0 Å². The predicted molar refractivity (Wildman–Crippen MR) is 72.5 cm³/mol. The molecule has 0 aliphatic heterocycles. The van der Waals surface area contributed by atoms with E-state index >= 15 is 0 Å². The maximum Gasteiger partial charge on any atom is 0.200 e. The molecule has 0 radical (unpaired) electrons. The maximum absolute atomic E-state index is 5.54. The first-order valence-corrected chi connectivity index (χ1v) is 6.09. The fraction of sp³-hybridized carbons (Fsp3) is 0.500. The number of fused-ring (bicyclic) bond motifs is 1. The van der Waals surface area contributed by atoms with Crippen LogP contribution in [-0.2, 0) is 0 Å². The SMILES string of the molecule is CC(C)N(CCC(N)=S)c1ccc2nnnn2n1. The van der Waals surface area contributed by atoms with Gasteiger partial charge in [-0.05, 0) is 36.4 Å². The second-order valence-electron chi connectivity index (χ2n) is 4.22. The van der Waals surface area contributed by atoms with Gasteiger partial charge < -0.3 is 10.6 Å². The van der Waals surface area contributed by atoms with Crippen LogP contribution < -0.4 is 10.6 Å². The van der Waals surface area contributed by atoms with Crippen LogP contribution in [0.3, 0.4) is 0 Å². The summed E-state index contributed by atoms with van der Waals surface area (Å²) in [6.45, 7) is 4.91. The lowest BCUT2D eigenvalue weighted by molar-refractivity contribution is 0.653. The first-order valence-electron chi connectivity index (χ1n) is 5.68. The molecule has 0 saturated heterocycles. The third-order valence-electron chi connectivity index (χ3n) is 2.57. The summed E-state index contributed by atoms with van der Waals surface area (Å²) >= 11 is 4.91. The zero-order valence-electron chi connectivity index (χ0n) is 10.3. The van der Waals surface area contributed by atoms with Crippen LogP contribution in [0.15, 0.2) is 12.1 Å². The lowest BCUT2D eigenvalue weighted by Gasteiger charge is -2.27. The second kappa shape index (κ2) is 5.21. The fourth-order valence-electron chi connectivity index (χ4n) is 1.66. The number of thiocarbonyl (C=S) groups is 1. The van der Waals surface area contributed by atoms with Gasteiger partial charge in [-0.3, -0.25) is 0 Å². The van der Waals surface area contributed by atoms with Crippen LogP contribution in [0.4, 0.5) is 5.82 Å². The number of hydrogen-bond acceptors (Lipinski definition) is 6. The molecule has 0 unspecified atom stereocenters. The quantitative estimate of drug-likeness (QED) is 0.784. The molecule has 0 aliphatic carbocycles. The van der Waals surface area contributed by atoms with Gasteiger partial charge in [-0.2, -0.15) is 0 Å². The number of aromatic nitrogens is 5. The Labute approximate surface area is 110 Å². The topological polar surface area (TPSA) is 85.2 Å². The molecule has 2 aromatic rings. The van der Waals surface area contributed by atoms with E-state index in [-0.39, 0.29) is 0 Å². The van der Waals surface area contributed by atoms with Gasteiger partial charge in [-0.25, -0.2) is 0 Å². The minimum atomic E-state index is 0.292. The van der Waals surface area contributed by atoms with Crippen LogP contribution in [0, 0.1) is 0 Å². The molecule has 0 spiro atoms. The van der Waals surface area contributed by atoms with Gasteiger partial charge in [0.25, 0.3) is 0 Å². The monoisotopic (exact) mass is 265 g/mol. The molecule has 96 valence electrons. The molecule has 0 aliphatic rings. The van der Waals surface area contributed by atoms with Crippen molar-refractivity contribution in [3.05, 3.63) is 12.1 Å². The standard InChI is InChI=1S/C10H15N7S/c1-7(2)16(6-5-8(11)18)10-4-3-9-12-14-15-17(9)13-10/h3-4,7H,5-6H2,1-2H3,(H2,11,18). The van der Waals surface area contributed by atoms with E-state index in [2.05, 4.69) is 39.4 Å². The highest BCUT2D eigenvalue weighted by atomic mass is 32.1. The van der Waals surface area contributed by atoms with E-state index in [4.69, 9.17) is 18.0 Å². The van der Waals surface area contributed by atoms with Gasteiger partial charge in [0.2, 0.25) is 0 Å². The minimum absolute atomic E-state index is 0.292. The van der Waals surface area contributed by atoms with Crippen molar-refractivity contribution in [2.24, 2.45) is 5.73 Å². The van der Waals surface area contributed by atoms with Gasteiger partial charge in [0.15, 0.2) is 11.5 Å². The van der Waals surface area contributed by atoms with E-state index in [1.165, 1.54) is 4.63 Å². The van der Waals surface area contributed by atoms with E-state index in [0.29, 0.717) is 23.1 Å². The normalized spacial score (nSPS) is 11.1. The lowest BCUT2D eigenvalue weighted by Crippen LogP contribution is -2.34. The molecule has 2 heterocycles. The summed E-state index contributed by atoms with van der Waals surface area (Å²) in [6.07, 6.45) is 0.656. The Morgan fingerprint density at radius 2 is 2.28 bits per heavy atom. The smallest absolute Gasteiger partial charge is 0.200 e. The van der Waals surface area contributed by atoms with Gasteiger partial charge in [0, 0.05) is 19.0 Å². The maximum atomic E-state index is 5.54. The summed E-state index contributed by atoms with van der Waals surface area (Å²) in [5, 5.41) is 15.5. The van der Waals surface area contributed by atoms with Crippen molar-refractivity contribution < 1.29 is 0 Å². The number of nitrogens with two attached hydrogens (primary N) is 1. The summed E-state index contributed by atoms with van der Waals surface area (Å²) in [5.74, 6) is 0.807. The Morgan fingerprint density at radius 3 is 2.94 bits per heavy atom. The first kappa shape index (κ1) is 12.6. The van der Waals surface area contributed by atoms with Crippen molar-refractivity contribution in [3.8, 4) is 0 Å². The van der Waals surface area contributed by atoms with Gasteiger partial charge in [-0.15, -0.1) is 14.8 Å². The van der Waals surface area contributed by atoms with Gasteiger partial charge >= 0.3 is 0 Å². The number of tetrazole rings is 1. The highest BCUT2D eigenvalue weighted by molar-refractivity contribution is 7.80. The van der Waals surface area contributed by atoms with Crippen LogP contribution in [0.5, 0.6) is 0 Å². The number of nitrogens with zero attached hydrogens (tertiary/aromatic N) is 6. The van der Waals surface area contributed by atoms with Crippen molar-refractivity contribution >= 4 is 28.7 Å². The van der Waals surface area contributed by atoms with Crippen LogP contribution in [-0.4, -0.2) is 42.8 Å². The average Bonchev–Trinajstić information content (AvgIpc) is 2.75. The summed E-state index contributed by atoms with van der Waals surface area (Å²) in [5.41, 5.74) is 6.16. The Balaban J connectivity index is 2.25. The Hall–Kier alpha value is -1.83. The Morgan fingerprint density at radius 1 is 1.50 bits per heavy atom. The van der Waals surface area contributed by atoms with Crippen molar-refractivity contribution in [1.29, 1.82) is 0 Å². The molecule has 18 heavy (non-hydrogen) atoms. The highest BCUT2D eigenvalue weighted by Gasteiger charge is 2.13. The number of rotatable bonds is 5. The number of anilines is 1. The minimum Gasteiger partial charge on any atom is -0.393 e. The van der Waals surface area contributed by atoms with Gasteiger partial charge in [-0.1, -0.05) is 12.2 Å². The molecule has 0 fully saturated rings. The fourth-order valence-corrected chi connectivity index (χ4v) is 1.75. The van der Waals surface area contributed by atoms with E-state index in [9.17, 15) is 0 Å². The zero-order valence-corrected chi connectivity index (χ0v) is 11.1. The third kappa shape index (κ3) is 2.70. The molecule has 2 N–H and O–H groups in total. The summed E-state index contributed by atoms with van der Waals surface area (Å²) in [4.78, 5) is 2.62. The molecule has 0 atom stereocenters. The van der Waals surface area contributed by atoms with E-state index in [1.54, 1.807) is 0 Å². The third-order valence-corrected chi connectivity index (χ3v) is 2.78. The number of hydrogen-bond donors (Lipinski definition) is 1. The van der Waals surface area contributed by atoms with Crippen LogP contribution in [0.25, 0.3) is 5.65 Å². The molecule has 0 amide bonds. The molecular weight excluding hydrogens is 250 g/mol. The molecule has 0 aromatic carbocycles. The second-order valence-corrected chi connectivity index (χ2v) is 4.75. The first-order chi connectivity index (χ1) is 8.58. The lowest BCUT2D eigenvalue weighted by atomic mass is 10.2. The van der Waals surface area contributed by atoms with Crippen molar-refractivity contribution in [1.82, 2.24) is 25.3 Å². The molecule has 7 nitrogen and oxygen atoms in total. The van der Waals surface area contributed by atoms with Crippen LogP contribution >= 0.6 is 12.2 Å². The predicted octanol–water partition coefficient (Wildman–Crippen LogP) is 0.410. The molecule has 8 heteroatoms. The molecule has 2 rings (SSSR count). The summed E-state index contributed by atoms with van der Waals surface area (Å²) in [7, 11) is 0. The summed E-state index contributed by atoms with van der Waals surface area (Å²) in [6, 6.07) is 4.02. The molecule has 0 bridgehead atoms. The van der Waals surface area contributed by atoms with E-state index < -0.39 is 0 Å². The van der Waals surface area contributed by atoms with Crippen molar-refractivity contribution in [2.75, 3.05) is 11.4 Å². The van der Waals surface area contributed by atoms with Gasteiger partial charge in [0.1, 0.15) is 0 Å². The Bertz CT molecular complexity index is 550. The summed E-state index contributed by atoms with van der Waals surface area (Å²) < 4.78 is 1.41. The largest absolute Gasteiger partial charge is 0.393 e. The molecule has 2 aromatic heterocycles. The molecule has 0 saturated carbocycles. The zero-order chi connectivity index (χ0) is 13.1. The molecular formula is C10H15N7S. The van der Waals surface area contributed by atoms with Crippen molar-refractivity contribution in [2.45, 2.75) is 26.3 Å². The van der Waals surface area contributed by atoms with E-state index in [0.717, 1.165) is 12.4 Å². The van der Waals surface area contributed by atoms with Crippen LogP contribution in [0.1, 0.15) is 20.3 Å². The van der Waals surface area contributed by atoms with Crippen molar-refractivity contribution in [3.63, 3.8) is 0 Å². The Kier molecular flexibility index (Phi) is 3.66. The van der Waals surface area contributed by atoms with Gasteiger partial charge in [0.05, 0.1) is 4.99 Å². The average molecular weight is 265 g/mol. The van der Waals surface area contributed by atoms with E-state index in [1.807, 2.05) is 12.1 Å².